The molecule has 0 saturated heterocycles. The number of furan rings is 1. The molecule has 8 aromatic rings. The van der Waals surface area contributed by atoms with Crippen molar-refractivity contribution in [1.29, 1.82) is 0 Å². The number of hydrogen-bond acceptors (Lipinski definition) is 1. The zero-order valence-electron chi connectivity index (χ0n) is 20.6. The molecule has 0 amide bonds. The third-order valence-corrected chi connectivity index (χ3v) is 7.56. The van der Waals surface area contributed by atoms with E-state index >= 15 is 0 Å². The molecule has 0 saturated carbocycles. The molecule has 0 N–H and O–H groups in total. The van der Waals surface area contributed by atoms with Gasteiger partial charge in [0.15, 0.2) is 0 Å². The number of benzene rings is 6. The van der Waals surface area contributed by atoms with Gasteiger partial charge in [0.05, 0.1) is 11.0 Å². The van der Waals surface area contributed by atoms with Crippen LogP contribution in [0.1, 0.15) is 0 Å². The monoisotopic (exact) mass is 485 g/mol. The van der Waals surface area contributed by atoms with E-state index in [1.807, 2.05) is 12.1 Å². The van der Waals surface area contributed by atoms with E-state index in [2.05, 4.69) is 132 Å². The minimum absolute atomic E-state index is 0.908. The number of fused-ring (bicyclic) bond motifs is 6. The summed E-state index contributed by atoms with van der Waals surface area (Å²) in [5, 5.41) is 4.77. The van der Waals surface area contributed by atoms with Gasteiger partial charge in [-0.3, -0.25) is 0 Å². The summed E-state index contributed by atoms with van der Waals surface area (Å²) >= 11 is 0. The Morgan fingerprint density at radius 2 is 0.974 bits per heavy atom. The van der Waals surface area contributed by atoms with Gasteiger partial charge < -0.3 is 8.98 Å². The molecule has 38 heavy (non-hydrogen) atoms. The zero-order chi connectivity index (χ0) is 25.1. The van der Waals surface area contributed by atoms with Gasteiger partial charge in [-0.15, -0.1) is 0 Å². The highest BCUT2D eigenvalue weighted by Crippen LogP contribution is 2.39. The molecule has 2 heterocycles. The standard InChI is InChI=1S/C36H23NO/c1-3-11-24(12-4-1)26-19-27(25-13-5-2-6-14-25)21-28(20-26)37-33-17-9-7-15-29(33)31-22-32-30-16-8-10-18-35(30)38-36(32)23-34(31)37/h1-23H. The molecule has 0 bridgehead atoms. The van der Waals surface area contributed by atoms with Crippen LogP contribution in [0.25, 0.3) is 71.7 Å². The second-order valence-electron chi connectivity index (χ2n) is 9.82. The molecule has 0 aliphatic carbocycles. The van der Waals surface area contributed by atoms with Crippen molar-refractivity contribution in [3.63, 3.8) is 0 Å². The van der Waals surface area contributed by atoms with Crippen LogP contribution in [0.3, 0.4) is 0 Å². The molecule has 0 spiro atoms. The minimum Gasteiger partial charge on any atom is -0.456 e. The fourth-order valence-corrected chi connectivity index (χ4v) is 5.80. The highest BCUT2D eigenvalue weighted by atomic mass is 16.3. The summed E-state index contributed by atoms with van der Waals surface area (Å²) in [5.74, 6) is 0. The molecular weight excluding hydrogens is 462 g/mol. The summed E-state index contributed by atoms with van der Waals surface area (Å²) in [6.07, 6.45) is 0. The van der Waals surface area contributed by atoms with Crippen LogP contribution in [0.15, 0.2) is 144 Å². The lowest BCUT2D eigenvalue weighted by molar-refractivity contribution is 0.669. The summed E-state index contributed by atoms with van der Waals surface area (Å²) < 4.78 is 8.71. The minimum atomic E-state index is 0.908. The lowest BCUT2D eigenvalue weighted by Crippen LogP contribution is -1.96. The van der Waals surface area contributed by atoms with Crippen LogP contribution in [0.2, 0.25) is 0 Å². The first-order chi connectivity index (χ1) is 18.8. The predicted octanol–water partition coefficient (Wildman–Crippen LogP) is 10.0. The highest BCUT2D eigenvalue weighted by Gasteiger charge is 2.17. The van der Waals surface area contributed by atoms with E-state index in [-0.39, 0.29) is 0 Å². The Kier molecular flexibility index (Phi) is 4.55. The van der Waals surface area contributed by atoms with E-state index in [0.29, 0.717) is 0 Å². The molecular formula is C36H23NO. The maximum atomic E-state index is 6.32. The molecule has 0 unspecified atom stereocenters. The molecule has 0 fully saturated rings. The highest BCUT2D eigenvalue weighted by molar-refractivity contribution is 6.17. The molecule has 2 aromatic heterocycles. The quantitative estimate of drug-likeness (QED) is 0.243. The van der Waals surface area contributed by atoms with Crippen molar-refractivity contribution in [1.82, 2.24) is 4.57 Å². The molecule has 0 atom stereocenters. The third kappa shape index (κ3) is 3.21. The first kappa shape index (κ1) is 21.0. The SMILES string of the molecule is c1ccc(-c2cc(-c3ccccc3)cc(-n3c4ccccc4c4cc5c(cc43)oc3ccccc35)c2)cc1. The Morgan fingerprint density at radius 1 is 0.368 bits per heavy atom. The van der Waals surface area contributed by atoms with Gasteiger partial charge in [0, 0.05) is 33.3 Å². The summed E-state index contributed by atoms with van der Waals surface area (Å²) in [6, 6.07) is 49.6. The van der Waals surface area contributed by atoms with Crippen molar-refractivity contribution in [3.8, 4) is 27.9 Å². The van der Waals surface area contributed by atoms with Crippen LogP contribution in [0.5, 0.6) is 0 Å². The van der Waals surface area contributed by atoms with Crippen LogP contribution in [0, 0.1) is 0 Å². The first-order valence-electron chi connectivity index (χ1n) is 12.9. The van der Waals surface area contributed by atoms with E-state index in [1.165, 1.54) is 38.5 Å². The van der Waals surface area contributed by atoms with Crippen LogP contribution >= 0.6 is 0 Å². The van der Waals surface area contributed by atoms with Crippen molar-refractivity contribution in [2.45, 2.75) is 0 Å². The summed E-state index contributed by atoms with van der Waals surface area (Å²) in [5.41, 5.74) is 10.1. The molecule has 0 aliphatic rings. The average Bonchev–Trinajstić information content (AvgIpc) is 3.51. The van der Waals surface area contributed by atoms with Gasteiger partial charge >= 0.3 is 0 Å². The Bertz CT molecular complexity index is 2060. The summed E-state index contributed by atoms with van der Waals surface area (Å²) in [7, 11) is 0. The Labute approximate surface area is 220 Å². The topological polar surface area (TPSA) is 18.1 Å². The van der Waals surface area contributed by atoms with Gasteiger partial charge in [-0.2, -0.15) is 0 Å². The van der Waals surface area contributed by atoms with Crippen molar-refractivity contribution >= 4 is 43.7 Å². The molecule has 0 radical (unpaired) electrons. The van der Waals surface area contributed by atoms with Crippen LogP contribution in [-0.4, -0.2) is 4.57 Å². The Balaban J connectivity index is 1.48. The number of para-hydroxylation sites is 2. The van der Waals surface area contributed by atoms with Crippen LogP contribution < -0.4 is 0 Å². The first-order valence-corrected chi connectivity index (χ1v) is 12.9. The third-order valence-electron chi connectivity index (χ3n) is 7.56. The van der Waals surface area contributed by atoms with Crippen molar-refractivity contribution in [3.05, 3.63) is 140 Å². The smallest absolute Gasteiger partial charge is 0.137 e. The largest absolute Gasteiger partial charge is 0.456 e. The lowest BCUT2D eigenvalue weighted by atomic mass is 9.98. The van der Waals surface area contributed by atoms with Crippen molar-refractivity contribution in [2.75, 3.05) is 0 Å². The van der Waals surface area contributed by atoms with Gasteiger partial charge in [-0.25, -0.2) is 0 Å². The van der Waals surface area contributed by atoms with Gasteiger partial charge in [-0.05, 0) is 58.7 Å². The van der Waals surface area contributed by atoms with E-state index in [1.54, 1.807) is 0 Å². The number of rotatable bonds is 3. The van der Waals surface area contributed by atoms with E-state index < -0.39 is 0 Å². The lowest BCUT2D eigenvalue weighted by Gasteiger charge is -2.14. The summed E-state index contributed by atoms with van der Waals surface area (Å²) in [6.45, 7) is 0. The maximum Gasteiger partial charge on any atom is 0.137 e. The second-order valence-corrected chi connectivity index (χ2v) is 9.82. The summed E-state index contributed by atoms with van der Waals surface area (Å²) in [4.78, 5) is 0. The van der Waals surface area contributed by atoms with Crippen LogP contribution in [-0.2, 0) is 0 Å². The predicted molar refractivity (Wildman–Crippen MR) is 159 cm³/mol. The number of aromatic nitrogens is 1. The second kappa shape index (κ2) is 8.22. The molecule has 8 rings (SSSR count). The van der Waals surface area contributed by atoms with Gasteiger partial charge in [0.1, 0.15) is 11.2 Å². The number of nitrogens with zero attached hydrogens (tertiary/aromatic N) is 1. The Hall–Kier alpha value is -5.08. The zero-order valence-corrected chi connectivity index (χ0v) is 20.6. The van der Waals surface area contributed by atoms with Crippen molar-refractivity contribution in [2.24, 2.45) is 0 Å². The van der Waals surface area contributed by atoms with Gasteiger partial charge in [0.2, 0.25) is 0 Å². The maximum absolute atomic E-state index is 6.32. The fourth-order valence-electron chi connectivity index (χ4n) is 5.80. The molecule has 178 valence electrons. The molecule has 0 aliphatic heterocycles. The molecule has 2 heteroatoms. The van der Waals surface area contributed by atoms with E-state index in [9.17, 15) is 0 Å². The van der Waals surface area contributed by atoms with E-state index in [0.717, 1.165) is 33.1 Å². The van der Waals surface area contributed by atoms with Gasteiger partial charge in [0.25, 0.3) is 0 Å². The average molecular weight is 486 g/mol. The normalized spacial score (nSPS) is 11.7. The molecule has 2 nitrogen and oxygen atoms in total. The number of hydrogen-bond donors (Lipinski definition) is 0. The van der Waals surface area contributed by atoms with Crippen molar-refractivity contribution < 1.29 is 4.42 Å². The van der Waals surface area contributed by atoms with Crippen LogP contribution in [0.4, 0.5) is 0 Å². The fraction of sp³-hybridized carbons (Fsp3) is 0. The van der Waals surface area contributed by atoms with E-state index in [4.69, 9.17) is 4.42 Å². The van der Waals surface area contributed by atoms with Gasteiger partial charge in [-0.1, -0.05) is 97.1 Å². The Morgan fingerprint density at radius 3 is 1.68 bits per heavy atom. The molecule has 6 aromatic carbocycles.